The molecule has 5 atom stereocenters. The molecular weight excluding hydrogens is 632 g/mol. The number of ether oxygens (including phenoxy) is 5. The third kappa shape index (κ3) is 8.80. The van der Waals surface area contributed by atoms with Crippen LogP contribution in [0.2, 0.25) is 5.02 Å². The summed E-state index contributed by atoms with van der Waals surface area (Å²) in [4.78, 5) is 0. The molecule has 0 radical (unpaired) electrons. The smallest absolute Gasteiger partial charge is 0.120 e. The van der Waals surface area contributed by atoms with Gasteiger partial charge in [0.05, 0.1) is 32.5 Å². The predicted molar refractivity (Wildman–Crippen MR) is 195 cm³/mol. The van der Waals surface area contributed by atoms with E-state index in [-0.39, 0.29) is 6.10 Å². The van der Waals surface area contributed by atoms with Crippen molar-refractivity contribution in [2.75, 3.05) is 6.61 Å². The first-order valence-electron chi connectivity index (χ1n) is 17.1. The van der Waals surface area contributed by atoms with E-state index in [1.165, 1.54) is 0 Å². The van der Waals surface area contributed by atoms with Crippen molar-refractivity contribution in [2.45, 2.75) is 77.0 Å². The number of hydrogen-bond donors (Lipinski definition) is 0. The molecule has 49 heavy (non-hydrogen) atoms. The van der Waals surface area contributed by atoms with E-state index in [1.807, 2.05) is 79.7 Å². The Hall–Kier alpha value is -3.97. The highest BCUT2D eigenvalue weighted by Gasteiger charge is 2.54. The molecular formula is C43H45ClO5. The minimum absolute atomic E-state index is 0.309. The zero-order valence-electron chi connectivity index (χ0n) is 28.5. The highest BCUT2D eigenvalue weighted by atomic mass is 35.5. The first-order chi connectivity index (χ1) is 23.9. The van der Waals surface area contributed by atoms with E-state index in [0.29, 0.717) is 37.9 Å². The van der Waals surface area contributed by atoms with E-state index >= 15 is 0 Å². The van der Waals surface area contributed by atoms with E-state index in [1.54, 1.807) is 0 Å². The summed E-state index contributed by atoms with van der Waals surface area (Å²) in [5, 5.41) is 0.702. The molecule has 5 nitrogen and oxygen atoms in total. The Kier molecular flexibility index (Phi) is 11.8. The zero-order chi connectivity index (χ0) is 34.1. The van der Waals surface area contributed by atoms with Gasteiger partial charge >= 0.3 is 0 Å². The van der Waals surface area contributed by atoms with Crippen molar-refractivity contribution in [3.05, 3.63) is 172 Å². The average Bonchev–Trinajstić information content (AvgIpc) is 3.13. The van der Waals surface area contributed by atoms with Crippen LogP contribution in [-0.4, -0.2) is 31.0 Å². The van der Waals surface area contributed by atoms with E-state index in [0.717, 1.165) is 39.1 Å². The van der Waals surface area contributed by atoms with Gasteiger partial charge in [-0.15, -0.1) is 0 Å². The number of halogens is 1. The topological polar surface area (TPSA) is 46.2 Å². The lowest BCUT2D eigenvalue weighted by atomic mass is 9.80. The number of benzene rings is 5. The van der Waals surface area contributed by atoms with E-state index < -0.39 is 23.9 Å². The maximum atomic E-state index is 7.04. The highest BCUT2D eigenvalue weighted by Crippen LogP contribution is 2.44. The lowest BCUT2D eigenvalue weighted by molar-refractivity contribution is -0.298. The van der Waals surface area contributed by atoms with E-state index in [2.05, 4.69) is 74.5 Å². The highest BCUT2D eigenvalue weighted by molar-refractivity contribution is 6.31. The largest absolute Gasteiger partial charge is 0.494 e. The van der Waals surface area contributed by atoms with Crippen LogP contribution in [0.4, 0.5) is 0 Å². The molecule has 1 aliphatic rings. The van der Waals surface area contributed by atoms with Crippen molar-refractivity contribution >= 4 is 11.6 Å². The van der Waals surface area contributed by atoms with Crippen LogP contribution in [0.3, 0.4) is 0 Å². The summed E-state index contributed by atoms with van der Waals surface area (Å²) in [5.41, 5.74) is 5.46. The van der Waals surface area contributed by atoms with E-state index in [4.69, 9.17) is 35.3 Å². The Morgan fingerprint density at radius 2 is 1.16 bits per heavy atom. The van der Waals surface area contributed by atoms with Crippen molar-refractivity contribution in [1.82, 2.24) is 0 Å². The lowest BCUT2D eigenvalue weighted by Gasteiger charge is -2.51. The van der Waals surface area contributed by atoms with Crippen LogP contribution in [0, 0.1) is 0 Å². The molecule has 0 aromatic heterocycles. The molecule has 1 aliphatic heterocycles. The van der Waals surface area contributed by atoms with Gasteiger partial charge in [-0.25, -0.2) is 0 Å². The first-order valence-corrected chi connectivity index (χ1v) is 17.5. The second kappa shape index (κ2) is 16.6. The molecule has 0 bridgehead atoms. The summed E-state index contributed by atoms with van der Waals surface area (Å²) in [6.45, 7) is 8.02. The summed E-state index contributed by atoms with van der Waals surface area (Å²) < 4.78 is 33.2. The molecule has 0 aliphatic carbocycles. The van der Waals surface area contributed by atoms with Gasteiger partial charge in [-0.05, 0) is 78.8 Å². The van der Waals surface area contributed by atoms with Crippen LogP contribution >= 0.6 is 11.6 Å². The van der Waals surface area contributed by atoms with Gasteiger partial charge in [0.25, 0.3) is 0 Å². The van der Waals surface area contributed by atoms with Crippen LogP contribution in [0.1, 0.15) is 54.2 Å². The van der Waals surface area contributed by atoms with E-state index in [9.17, 15) is 0 Å². The van der Waals surface area contributed by atoms with Crippen LogP contribution in [0.25, 0.3) is 0 Å². The Morgan fingerprint density at radius 3 is 1.71 bits per heavy atom. The van der Waals surface area contributed by atoms with Gasteiger partial charge in [-0.2, -0.15) is 0 Å². The fraction of sp³-hybridized carbons (Fsp3) is 0.302. The molecule has 0 N–H and O–H groups in total. The maximum absolute atomic E-state index is 7.04. The Morgan fingerprint density at radius 1 is 0.633 bits per heavy atom. The molecule has 254 valence electrons. The molecule has 5 aromatic carbocycles. The number of rotatable bonds is 14. The number of hydrogen-bond acceptors (Lipinski definition) is 5. The van der Waals surface area contributed by atoms with Gasteiger partial charge in [-0.1, -0.05) is 127 Å². The molecule has 0 amide bonds. The van der Waals surface area contributed by atoms with Crippen molar-refractivity contribution in [3.63, 3.8) is 0 Å². The molecule has 1 heterocycles. The summed E-state index contributed by atoms with van der Waals surface area (Å²) in [7, 11) is 0. The third-order valence-corrected chi connectivity index (χ3v) is 9.52. The first kappa shape index (κ1) is 34.9. The maximum Gasteiger partial charge on any atom is 0.120 e. The molecule has 5 aromatic rings. The normalized spacial score (nSPS) is 22.1. The van der Waals surface area contributed by atoms with Gasteiger partial charge in [-0.3, -0.25) is 0 Å². The Bertz CT molecular complexity index is 1730. The summed E-state index contributed by atoms with van der Waals surface area (Å²) >= 11 is 6.85. The molecule has 1 saturated heterocycles. The molecule has 6 heteroatoms. The Labute approximate surface area is 295 Å². The summed E-state index contributed by atoms with van der Waals surface area (Å²) in [6.07, 6.45) is -1.01. The zero-order valence-corrected chi connectivity index (χ0v) is 29.2. The third-order valence-electron chi connectivity index (χ3n) is 9.15. The fourth-order valence-electron chi connectivity index (χ4n) is 6.57. The standard InChI is InChI=1S/C43H45ClO5/c1-4-45-38-23-20-32(21-24-38)26-36-27-37(22-25-39(36)44)43(3)42(48-30-35-18-12-7-13-19-35)41(47-29-34-16-10-6-11-17-34)40(31(2)49-43)46-28-33-14-8-5-9-15-33/h5-25,27,31,40-42H,4,26,28-30H2,1-3H3. The summed E-state index contributed by atoms with van der Waals surface area (Å²) in [6, 6.07) is 45.0. The second-order valence-electron chi connectivity index (χ2n) is 12.7. The van der Waals surface area contributed by atoms with Gasteiger partial charge in [0.15, 0.2) is 0 Å². The predicted octanol–water partition coefficient (Wildman–Crippen LogP) is 9.72. The lowest BCUT2D eigenvalue weighted by Crippen LogP contribution is -2.63. The van der Waals surface area contributed by atoms with Crippen LogP contribution in [0.5, 0.6) is 5.75 Å². The van der Waals surface area contributed by atoms with Crippen molar-refractivity contribution < 1.29 is 23.7 Å². The van der Waals surface area contributed by atoms with Gasteiger partial charge in [0, 0.05) is 5.02 Å². The molecule has 5 unspecified atom stereocenters. The van der Waals surface area contributed by atoms with Crippen LogP contribution < -0.4 is 4.74 Å². The Balaban J connectivity index is 1.35. The average molecular weight is 677 g/mol. The minimum Gasteiger partial charge on any atom is -0.494 e. The molecule has 0 spiro atoms. The monoisotopic (exact) mass is 676 g/mol. The van der Waals surface area contributed by atoms with Gasteiger partial charge in [0.2, 0.25) is 0 Å². The molecule has 1 fully saturated rings. The molecule has 0 saturated carbocycles. The minimum atomic E-state index is -0.889. The van der Waals surface area contributed by atoms with Crippen LogP contribution in [-0.2, 0) is 50.8 Å². The second-order valence-corrected chi connectivity index (χ2v) is 13.1. The molecule has 6 rings (SSSR count). The fourth-order valence-corrected chi connectivity index (χ4v) is 6.76. The van der Waals surface area contributed by atoms with Crippen molar-refractivity contribution in [3.8, 4) is 5.75 Å². The van der Waals surface area contributed by atoms with Crippen molar-refractivity contribution in [2.24, 2.45) is 0 Å². The quantitative estimate of drug-likeness (QED) is 0.117. The van der Waals surface area contributed by atoms with Gasteiger partial charge in [0.1, 0.15) is 29.7 Å². The SMILES string of the molecule is CCOc1ccc(Cc2cc(C3(C)OC(C)C(OCc4ccccc4)C(OCc4ccccc4)C3OCc3ccccc3)ccc2Cl)cc1. The van der Waals surface area contributed by atoms with Gasteiger partial charge < -0.3 is 23.7 Å². The van der Waals surface area contributed by atoms with Crippen LogP contribution in [0.15, 0.2) is 133 Å². The summed E-state index contributed by atoms with van der Waals surface area (Å²) in [5.74, 6) is 0.854. The van der Waals surface area contributed by atoms with Crippen molar-refractivity contribution in [1.29, 1.82) is 0 Å².